The minimum Gasteiger partial charge on any atom is -0.481 e. The molecule has 0 spiro atoms. The summed E-state index contributed by atoms with van der Waals surface area (Å²) in [4.78, 5) is 34.1. The number of nitrogens with one attached hydrogen (secondary N) is 2. The lowest BCUT2D eigenvalue weighted by atomic mass is 10.1. The Kier molecular flexibility index (Phi) is 5.93. The number of carboxylic acids is 1. The number of hydrogen-bond donors (Lipinski definition) is 3. The van der Waals surface area contributed by atoms with E-state index in [1.54, 1.807) is 12.1 Å². The van der Waals surface area contributed by atoms with E-state index < -0.39 is 11.8 Å². The zero-order valence-electron chi connectivity index (χ0n) is 19.0. The van der Waals surface area contributed by atoms with E-state index in [0.29, 0.717) is 16.4 Å². The Morgan fingerprint density at radius 3 is 2.59 bits per heavy atom. The Balaban J connectivity index is 1.35. The molecule has 34 heavy (non-hydrogen) atoms. The number of para-hydroxylation sites is 1. The molecule has 1 saturated heterocycles. The number of fused-ring (bicyclic) bond motifs is 2. The third-order valence-electron chi connectivity index (χ3n) is 6.73. The third-order valence-corrected chi connectivity index (χ3v) is 6.73. The highest BCUT2D eigenvalue weighted by atomic mass is 19.1. The number of carbonyl (C=O) groups is 1. The Hall–Kier alpha value is -3.49. The number of aromatic nitrogens is 2. The van der Waals surface area contributed by atoms with Crippen LogP contribution in [0.5, 0.6) is 0 Å². The van der Waals surface area contributed by atoms with E-state index in [-0.39, 0.29) is 29.3 Å². The second-order valence-corrected chi connectivity index (χ2v) is 9.05. The van der Waals surface area contributed by atoms with E-state index >= 15 is 4.39 Å². The van der Waals surface area contributed by atoms with Crippen LogP contribution in [0.3, 0.4) is 0 Å². The van der Waals surface area contributed by atoms with Crippen molar-refractivity contribution in [1.29, 1.82) is 0 Å². The first-order chi connectivity index (χ1) is 16.4. The first-order valence-electron chi connectivity index (χ1n) is 11.5. The van der Waals surface area contributed by atoms with Gasteiger partial charge in [-0.15, -0.1) is 0 Å². The number of nitrogens with zero attached hydrogens (tertiary/aromatic N) is 2. The fourth-order valence-corrected chi connectivity index (χ4v) is 4.83. The van der Waals surface area contributed by atoms with Crippen molar-refractivity contribution < 1.29 is 14.3 Å². The highest BCUT2D eigenvalue weighted by molar-refractivity contribution is 5.89. The molecule has 1 aliphatic heterocycles. The molecular formula is C26H27FN4O3. The normalized spacial score (nSPS) is 16.3. The molecule has 8 heteroatoms. The van der Waals surface area contributed by atoms with Crippen LogP contribution in [0.1, 0.15) is 18.9 Å². The van der Waals surface area contributed by atoms with Crippen LogP contribution >= 0.6 is 0 Å². The highest BCUT2D eigenvalue weighted by Crippen LogP contribution is 2.29. The Morgan fingerprint density at radius 2 is 1.82 bits per heavy atom. The van der Waals surface area contributed by atoms with E-state index in [1.165, 1.54) is 0 Å². The minimum absolute atomic E-state index is 0.0228. The molecule has 3 N–H and O–H groups in total. The topological polar surface area (TPSA) is 92.4 Å². The number of carboxylic acid groups (broad SMARTS) is 1. The number of H-pyrrole nitrogens is 2. The zero-order valence-corrected chi connectivity index (χ0v) is 19.0. The summed E-state index contributed by atoms with van der Waals surface area (Å²) in [5, 5.41) is 10.3. The second-order valence-electron chi connectivity index (χ2n) is 9.05. The lowest BCUT2D eigenvalue weighted by molar-refractivity contribution is -0.138. The van der Waals surface area contributed by atoms with Gasteiger partial charge in [0.15, 0.2) is 5.82 Å². The molecule has 7 nitrogen and oxygen atoms in total. The van der Waals surface area contributed by atoms with Crippen molar-refractivity contribution in [3.63, 3.8) is 0 Å². The zero-order chi connectivity index (χ0) is 23.8. The van der Waals surface area contributed by atoms with Crippen LogP contribution in [0.4, 0.5) is 4.39 Å². The van der Waals surface area contributed by atoms with E-state index in [1.807, 2.05) is 43.3 Å². The van der Waals surface area contributed by atoms with Crippen LogP contribution in [-0.4, -0.2) is 63.1 Å². The van der Waals surface area contributed by atoms with E-state index in [0.717, 1.165) is 43.7 Å². The van der Waals surface area contributed by atoms with Crippen LogP contribution in [0, 0.1) is 5.82 Å². The van der Waals surface area contributed by atoms with Gasteiger partial charge in [0.25, 0.3) is 5.56 Å². The average Bonchev–Trinajstić information content (AvgIpc) is 3.14. The third kappa shape index (κ3) is 4.34. The van der Waals surface area contributed by atoms with Gasteiger partial charge in [-0.05, 0) is 42.1 Å². The van der Waals surface area contributed by atoms with Crippen LogP contribution in [0.2, 0.25) is 0 Å². The summed E-state index contributed by atoms with van der Waals surface area (Å²) >= 11 is 0. The lowest BCUT2D eigenvalue weighted by Crippen LogP contribution is -2.49. The van der Waals surface area contributed by atoms with Crippen molar-refractivity contribution in [3.8, 4) is 11.3 Å². The molecule has 2 aromatic heterocycles. The summed E-state index contributed by atoms with van der Waals surface area (Å²) in [5.41, 5.74) is 2.57. The maximum absolute atomic E-state index is 15.3. The van der Waals surface area contributed by atoms with Crippen molar-refractivity contribution in [2.75, 3.05) is 26.2 Å². The van der Waals surface area contributed by atoms with Crippen molar-refractivity contribution in [3.05, 3.63) is 70.3 Å². The summed E-state index contributed by atoms with van der Waals surface area (Å²) in [6, 6.07) is 14.8. The molecule has 4 aromatic rings. The monoisotopic (exact) mass is 462 g/mol. The molecule has 1 fully saturated rings. The molecule has 2 aromatic carbocycles. The molecule has 1 aliphatic rings. The summed E-state index contributed by atoms with van der Waals surface area (Å²) in [6.45, 7) is 6.02. The molecule has 0 amide bonds. The van der Waals surface area contributed by atoms with Crippen LogP contribution in [0.25, 0.3) is 33.1 Å². The van der Waals surface area contributed by atoms with Gasteiger partial charge in [-0.3, -0.25) is 19.4 Å². The summed E-state index contributed by atoms with van der Waals surface area (Å²) < 4.78 is 15.3. The van der Waals surface area contributed by atoms with Gasteiger partial charge in [0.05, 0.1) is 17.7 Å². The van der Waals surface area contributed by atoms with Crippen molar-refractivity contribution >= 4 is 27.8 Å². The first kappa shape index (κ1) is 22.3. The fraction of sp³-hybridized carbons (Fsp3) is 0.308. The first-order valence-corrected chi connectivity index (χ1v) is 11.5. The van der Waals surface area contributed by atoms with Gasteiger partial charge < -0.3 is 15.1 Å². The molecule has 0 saturated carbocycles. The molecule has 0 radical (unpaired) electrons. The van der Waals surface area contributed by atoms with Gasteiger partial charge in [-0.2, -0.15) is 0 Å². The molecule has 0 aliphatic carbocycles. The summed E-state index contributed by atoms with van der Waals surface area (Å²) in [7, 11) is 0. The quantitative estimate of drug-likeness (QED) is 0.405. The Labute approximate surface area is 195 Å². The maximum atomic E-state index is 15.3. The second kappa shape index (κ2) is 9.04. The van der Waals surface area contributed by atoms with Gasteiger partial charge in [0.2, 0.25) is 0 Å². The molecule has 0 bridgehead atoms. The summed E-state index contributed by atoms with van der Waals surface area (Å²) in [5.74, 6) is -1.20. The predicted octanol–water partition coefficient (Wildman–Crippen LogP) is 3.80. The van der Waals surface area contributed by atoms with Crippen molar-refractivity contribution in [1.82, 2.24) is 19.8 Å². The van der Waals surface area contributed by atoms with Gasteiger partial charge >= 0.3 is 5.97 Å². The van der Waals surface area contributed by atoms with Crippen molar-refractivity contribution in [2.45, 2.75) is 25.9 Å². The van der Waals surface area contributed by atoms with Crippen LogP contribution in [0.15, 0.2) is 53.3 Å². The molecule has 1 unspecified atom stereocenters. The fourth-order valence-electron chi connectivity index (χ4n) is 4.83. The maximum Gasteiger partial charge on any atom is 0.304 e. The number of aliphatic carboxylic acids is 1. The SMILES string of the molecule is CC(CC(=O)O)N1CCN(Cc2ccc3c(F)c(-c4cc5ccccc5[nH]c4=O)[nH]c3c2)CC1. The number of halogens is 1. The highest BCUT2D eigenvalue weighted by Gasteiger charge is 2.23. The molecule has 176 valence electrons. The van der Waals surface area contributed by atoms with Gasteiger partial charge in [0, 0.05) is 55.2 Å². The van der Waals surface area contributed by atoms with Gasteiger partial charge in [-0.25, -0.2) is 4.39 Å². The van der Waals surface area contributed by atoms with E-state index in [2.05, 4.69) is 19.8 Å². The van der Waals surface area contributed by atoms with Crippen LogP contribution in [-0.2, 0) is 11.3 Å². The van der Waals surface area contributed by atoms with E-state index in [9.17, 15) is 9.59 Å². The lowest BCUT2D eigenvalue weighted by Gasteiger charge is -2.37. The number of benzene rings is 2. The summed E-state index contributed by atoms with van der Waals surface area (Å²) in [6.07, 6.45) is 0.150. The molecule has 1 atom stereocenters. The number of pyridine rings is 1. The predicted molar refractivity (Wildman–Crippen MR) is 130 cm³/mol. The Morgan fingerprint density at radius 1 is 1.06 bits per heavy atom. The van der Waals surface area contributed by atoms with Crippen molar-refractivity contribution in [2.24, 2.45) is 0 Å². The number of rotatable bonds is 6. The van der Waals surface area contributed by atoms with Gasteiger partial charge in [-0.1, -0.05) is 24.3 Å². The number of piperazine rings is 1. The molecular weight excluding hydrogens is 435 g/mol. The standard InChI is InChI=1S/C26H27FN4O3/c1-16(12-23(32)33)31-10-8-30(9-11-31)15-17-6-7-19-22(13-17)28-25(24(19)27)20-14-18-4-2-3-5-21(18)29-26(20)34/h2-7,13-14,16,28H,8-12,15H2,1H3,(H,29,34)(H,32,33). The Bertz CT molecular complexity index is 1420. The van der Waals surface area contributed by atoms with Crippen LogP contribution < -0.4 is 5.56 Å². The number of aromatic amines is 2. The smallest absolute Gasteiger partial charge is 0.304 e. The minimum atomic E-state index is -0.772. The molecule has 3 heterocycles. The number of hydrogen-bond acceptors (Lipinski definition) is 4. The van der Waals surface area contributed by atoms with Gasteiger partial charge in [0.1, 0.15) is 0 Å². The molecule has 5 rings (SSSR count). The van der Waals surface area contributed by atoms with E-state index in [4.69, 9.17) is 5.11 Å². The largest absolute Gasteiger partial charge is 0.481 e. The average molecular weight is 463 g/mol.